The van der Waals surface area contributed by atoms with Crippen LogP contribution in [0.2, 0.25) is 0 Å². The predicted octanol–water partition coefficient (Wildman–Crippen LogP) is 4.21. The smallest absolute Gasteiger partial charge is 0.321 e. The second-order valence-corrected chi connectivity index (χ2v) is 7.50. The minimum atomic E-state index is -0.368. The average molecular weight is 397 g/mol. The maximum absolute atomic E-state index is 13.2. The van der Waals surface area contributed by atoms with Crippen molar-refractivity contribution in [1.82, 2.24) is 10.2 Å². The molecule has 29 heavy (non-hydrogen) atoms. The molecule has 0 atom stereocenters. The highest BCUT2D eigenvalue weighted by Crippen LogP contribution is 2.21. The van der Waals surface area contributed by atoms with E-state index >= 15 is 0 Å². The summed E-state index contributed by atoms with van der Waals surface area (Å²) in [5.74, 6) is 0.218. The molecule has 0 spiro atoms. The predicted molar refractivity (Wildman–Crippen MR) is 112 cm³/mol. The van der Waals surface area contributed by atoms with Crippen molar-refractivity contribution in [2.45, 2.75) is 32.1 Å². The molecule has 1 fully saturated rings. The molecule has 3 rings (SSSR count). The van der Waals surface area contributed by atoms with Crippen molar-refractivity contribution in [3.8, 4) is 0 Å². The highest BCUT2D eigenvalue weighted by molar-refractivity contribution is 5.89. The van der Waals surface area contributed by atoms with Gasteiger partial charge in [0.15, 0.2) is 0 Å². The molecule has 5 nitrogen and oxygen atoms in total. The summed E-state index contributed by atoms with van der Waals surface area (Å²) in [6.45, 7) is 2.02. The highest BCUT2D eigenvalue weighted by Gasteiger charge is 2.22. The monoisotopic (exact) mass is 397 g/mol. The van der Waals surface area contributed by atoms with Gasteiger partial charge in [0.1, 0.15) is 5.82 Å². The third-order valence-electron chi connectivity index (χ3n) is 5.34. The number of hydrogen-bond donors (Lipinski definition) is 2. The van der Waals surface area contributed by atoms with E-state index in [1.165, 1.54) is 17.7 Å². The van der Waals surface area contributed by atoms with Gasteiger partial charge in [-0.3, -0.25) is 4.79 Å². The van der Waals surface area contributed by atoms with E-state index in [4.69, 9.17) is 0 Å². The van der Waals surface area contributed by atoms with Gasteiger partial charge in [-0.05, 0) is 55.4 Å². The molecule has 3 amide bonds. The van der Waals surface area contributed by atoms with Crippen LogP contribution in [0, 0.1) is 11.7 Å². The van der Waals surface area contributed by atoms with Gasteiger partial charge < -0.3 is 15.5 Å². The molecule has 0 saturated carbocycles. The van der Waals surface area contributed by atoms with Gasteiger partial charge in [0.25, 0.3) is 0 Å². The number of carbonyl (C=O) groups excluding carboxylic acids is 2. The van der Waals surface area contributed by atoms with Crippen molar-refractivity contribution < 1.29 is 14.0 Å². The summed E-state index contributed by atoms with van der Waals surface area (Å²) in [4.78, 5) is 26.1. The van der Waals surface area contributed by atoms with Gasteiger partial charge in [-0.25, -0.2) is 9.18 Å². The van der Waals surface area contributed by atoms with Crippen LogP contribution in [-0.2, 0) is 11.2 Å². The first-order chi connectivity index (χ1) is 14.1. The normalized spacial score (nSPS) is 14.4. The Balaban J connectivity index is 1.30. The summed E-state index contributed by atoms with van der Waals surface area (Å²) in [6.07, 6.45) is 4.01. The number of carbonyl (C=O) groups is 2. The van der Waals surface area contributed by atoms with Gasteiger partial charge in [0.05, 0.1) is 0 Å². The molecule has 0 bridgehead atoms. The first kappa shape index (κ1) is 20.8. The number of hydrogen-bond acceptors (Lipinski definition) is 2. The number of benzene rings is 2. The van der Waals surface area contributed by atoms with E-state index in [2.05, 4.69) is 10.6 Å². The summed E-state index contributed by atoms with van der Waals surface area (Å²) >= 11 is 0. The SMILES string of the molecule is O=C(CCc1ccccc1)NCCC1CCN(C(=O)Nc2cccc(F)c2)CC1. The Labute approximate surface area is 171 Å². The van der Waals surface area contributed by atoms with E-state index in [9.17, 15) is 14.0 Å². The average Bonchev–Trinajstić information content (AvgIpc) is 2.73. The molecule has 154 valence electrons. The fraction of sp³-hybridized carbons (Fsp3) is 0.391. The third kappa shape index (κ3) is 6.89. The van der Waals surface area contributed by atoms with E-state index in [0.29, 0.717) is 37.7 Å². The van der Waals surface area contributed by atoms with Crippen molar-refractivity contribution in [1.29, 1.82) is 0 Å². The zero-order valence-corrected chi connectivity index (χ0v) is 16.6. The Morgan fingerprint density at radius 3 is 2.52 bits per heavy atom. The van der Waals surface area contributed by atoms with Crippen molar-refractivity contribution in [2.75, 3.05) is 25.0 Å². The Hall–Kier alpha value is -2.89. The molecule has 2 N–H and O–H groups in total. The van der Waals surface area contributed by atoms with Gasteiger partial charge in [0.2, 0.25) is 5.91 Å². The molecule has 1 saturated heterocycles. The minimum Gasteiger partial charge on any atom is -0.356 e. The topological polar surface area (TPSA) is 61.4 Å². The van der Waals surface area contributed by atoms with E-state index in [1.807, 2.05) is 30.3 Å². The lowest BCUT2D eigenvalue weighted by molar-refractivity contribution is -0.121. The lowest BCUT2D eigenvalue weighted by atomic mass is 9.93. The van der Waals surface area contributed by atoms with Crippen LogP contribution in [0.4, 0.5) is 14.9 Å². The number of likely N-dealkylation sites (tertiary alicyclic amines) is 1. The largest absolute Gasteiger partial charge is 0.356 e. The maximum atomic E-state index is 13.2. The van der Waals surface area contributed by atoms with Crippen LogP contribution in [0.3, 0.4) is 0 Å². The summed E-state index contributed by atoms with van der Waals surface area (Å²) in [7, 11) is 0. The third-order valence-corrected chi connectivity index (χ3v) is 5.34. The Morgan fingerprint density at radius 2 is 1.79 bits per heavy atom. The van der Waals surface area contributed by atoms with Crippen LogP contribution in [0.1, 0.15) is 31.2 Å². The fourth-order valence-corrected chi connectivity index (χ4v) is 3.60. The van der Waals surface area contributed by atoms with E-state index < -0.39 is 0 Å². The fourth-order valence-electron chi connectivity index (χ4n) is 3.60. The molecule has 0 radical (unpaired) electrons. The number of piperidine rings is 1. The molecule has 1 aliphatic heterocycles. The van der Waals surface area contributed by atoms with Gasteiger partial charge >= 0.3 is 6.03 Å². The maximum Gasteiger partial charge on any atom is 0.321 e. The second-order valence-electron chi connectivity index (χ2n) is 7.50. The number of halogens is 1. The minimum absolute atomic E-state index is 0.0840. The van der Waals surface area contributed by atoms with Crippen molar-refractivity contribution in [3.05, 3.63) is 66.0 Å². The number of aryl methyl sites for hydroxylation is 1. The van der Waals surface area contributed by atoms with Crippen LogP contribution >= 0.6 is 0 Å². The van der Waals surface area contributed by atoms with Gasteiger partial charge in [0, 0.05) is 31.7 Å². The lowest BCUT2D eigenvalue weighted by Crippen LogP contribution is -2.41. The number of nitrogens with one attached hydrogen (secondary N) is 2. The van der Waals surface area contributed by atoms with Gasteiger partial charge in [-0.1, -0.05) is 36.4 Å². The van der Waals surface area contributed by atoms with Crippen LogP contribution in [0.25, 0.3) is 0 Å². The molecular formula is C23H28FN3O2. The lowest BCUT2D eigenvalue weighted by Gasteiger charge is -2.32. The number of anilines is 1. The molecule has 1 aliphatic rings. The quantitative estimate of drug-likeness (QED) is 0.735. The Bertz CT molecular complexity index is 805. The number of nitrogens with zero attached hydrogens (tertiary/aromatic N) is 1. The van der Waals surface area contributed by atoms with Crippen LogP contribution in [0.15, 0.2) is 54.6 Å². The van der Waals surface area contributed by atoms with E-state index in [-0.39, 0.29) is 17.8 Å². The van der Waals surface area contributed by atoms with Crippen molar-refractivity contribution in [2.24, 2.45) is 5.92 Å². The first-order valence-corrected chi connectivity index (χ1v) is 10.2. The van der Waals surface area contributed by atoms with Crippen LogP contribution in [0.5, 0.6) is 0 Å². The standard InChI is InChI=1S/C23H28FN3O2/c24-20-7-4-8-21(17-20)26-23(29)27-15-12-19(13-16-27)11-14-25-22(28)10-9-18-5-2-1-3-6-18/h1-8,17,19H,9-16H2,(H,25,28)(H,26,29). The van der Waals surface area contributed by atoms with Gasteiger partial charge in [-0.15, -0.1) is 0 Å². The zero-order chi connectivity index (χ0) is 20.5. The van der Waals surface area contributed by atoms with Crippen LogP contribution in [-0.4, -0.2) is 36.5 Å². The number of rotatable bonds is 7. The Morgan fingerprint density at radius 1 is 1.03 bits per heavy atom. The van der Waals surface area contributed by atoms with E-state index in [1.54, 1.807) is 17.0 Å². The van der Waals surface area contributed by atoms with Crippen molar-refractivity contribution in [3.63, 3.8) is 0 Å². The summed E-state index contributed by atoms with van der Waals surface area (Å²) in [5, 5.41) is 5.75. The van der Waals surface area contributed by atoms with Crippen molar-refractivity contribution >= 4 is 17.6 Å². The molecule has 2 aromatic rings. The molecule has 2 aromatic carbocycles. The Kier molecular flexibility index (Phi) is 7.61. The van der Waals surface area contributed by atoms with Gasteiger partial charge in [-0.2, -0.15) is 0 Å². The van der Waals surface area contributed by atoms with E-state index in [0.717, 1.165) is 25.7 Å². The molecule has 1 heterocycles. The summed E-state index contributed by atoms with van der Waals surface area (Å²) < 4.78 is 13.2. The zero-order valence-electron chi connectivity index (χ0n) is 16.6. The molecule has 6 heteroatoms. The summed E-state index contributed by atoms with van der Waals surface area (Å²) in [6, 6.07) is 15.7. The summed E-state index contributed by atoms with van der Waals surface area (Å²) in [5.41, 5.74) is 1.64. The molecule has 0 unspecified atom stereocenters. The number of amides is 3. The molecular weight excluding hydrogens is 369 g/mol. The first-order valence-electron chi connectivity index (χ1n) is 10.2. The van der Waals surface area contributed by atoms with Crippen LogP contribution < -0.4 is 10.6 Å². The molecule has 0 aliphatic carbocycles. The molecule has 0 aromatic heterocycles. The highest BCUT2D eigenvalue weighted by atomic mass is 19.1. The number of urea groups is 1. The second kappa shape index (κ2) is 10.6.